The van der Waals surface area contributed by atoms with Gasteiger partial charge in [-0.3, -0.25) is 9.80 Å². The molecule has 1 aliphatic heterocycles. The Morgan fingerprint density at radius 3 is 2.20 bits per heavy atom. The summed E-state index contributed by atoms with van der Waals surface area (Å²) in [6, 6.07) is 0. The molecular weight excluding hydrogens is 248 g/mol. The van der Waals surface area contributed by atoms with E-state index < -0.39 is 0 Å². The summed E-state index contributed by atoms with van der Waals surface area (Å²) in [7, 11) is 4.30. The maximum atomic E-state index is 6.16. The Morgan fingerprint density at radius 2 is 1.75 bits per heavy atom. The predicted molar refractivity (Wildman–Crippen MR) is 88.2 cm³/mol. The minimum Gasteiger partial charge on any atom is -0.329 e. The van der Waals surface area contributed by atoms with Crippen molar-refractivity contribution in [2.45, 2.75) is 45.1 Å². The molecule has 20 heavy (non-hydrogen) atoms. The van der Waals surface area contributed by atoms with E-state index in [1.165, 1.54) is 58.4 Å². The fourth-order valence-corrected chi connectivity index (χ4v) is 3.23. The van der Waals surface area contributed by atoms with Crippen LogP contribution in [0.25, 0.3) is 0 Å². The van der Waals surface area contributed by atoms with Crippen molar-refractivity contribution < 1.29 is 0 Å². The molecular formula is C16H36N4. The normalized spacial score (nSPS) is 21.3. The zero-order valence-corrected chi connectivity index (χ0v) is 14.2. The van der Waals surface area contributed by atoms with Gasteiger partial charge in [-0.25, -0.2) is 0 Å². The number of likely N-dealkylation sites (N-methyl/N-ethyl adjacent to an activating group) is 1. The van der Waals surface area contributed by atoms with Gasteiger partial charge < -0.3 is 10.6 Å². The zero-order chi connectivity index (χ0) is 15.0. The van der Waals surface area contributed by atoms with Crippen LogP contribution in [0.3, 0.4) is 0 Å². The summed E-state index contributed by atoms with van der Waals surface area (Å²) in [5.74, 6) is 0. The van der Waals surface area contributed by atoms with Gasteiger partial charge >= 0.3 is 0 Å². The van der Waals surface area contributed by atoms with Gasteiger partial charge in [-0.1, -0.05) is 26.7 Å². The van der Waals surface area contributed by atoms with Crippen LogP contribution in [0.1, 0.15) is 39.5 Å². The standard InChI is InChI=1S/C16H36N4/c1-5-7-8-16(6-2,15-17)20-13-11-19(12-14-20)10-9-18(3)4/h5-15,17H2,1-4H3. The van der Waals surface area contributed by atoms with Crippen LogP contribution in [0, 0.1) is 0 Å². The van der Waals surface area contributed by atoms with E-state index in [1.54, 1.807) is 0 Å². The molecule has 1 heterocycles. The number of piperazine rings is 1. The summed E-state index contributed by atoms with van der Waals surface area (Å²) >= 11 is 0. The second kappa shape index (κ2) is 8.98. The lowest BCUT2D eigenvalue weighted by Gasteiger charge is -2.47. The monoisotopic (exact) mass is 284 g/mol. The molecule has 4 heteroatoms. The number of nitrogens with two attached hydrogens (primary N) is 1. The Kier molecular flexibility index (Phi) is 8.03. The van der Waals surface area contributed by atoms with Crippen LogP contribution >= 0.6 is 0 Å². The van der Waals surface area contributed by atoms with Crippen molar-refractivity contribution in [3.63, 3.8) is 0 Å². The summed E-state index contributed by atoms with van der Waals surface area (Å²) in [6.07, 6.45) is 5.01. The maximum absolute atomic E-state index is 6.16. The molecule has 0 aromatic carbocycles. The number of unbranched alkanes of at least 4 members (excludes halogenated alkanes) is 1. The molecule has 1 unspecified atom stereocenters. The molecule has 0 saturated carbocycles. The maximum Gasteiger partial charge on any atom is 0.0330 e. The Hall–Kier alpha value is -0.160. The van der Waals surface area contributed by atoms with Gasteiger partial charge in [0.1, 0.15) is 0 Å². The topological polar surface area (TPSA) is 35.7 Å². The lowest BCUT2D eigenvalue weighted by atomic mass is 9.87. The first-order valence-electron chi connectivity index (χ1n) is 8.40. The third-order valence-electron chi connectivity index (χ3n) is 4.94. The van der Waals surface area contributed by atoms with Crippen LogP contribution in [-0.4, -0.2) is 80.1 Å². The fraction of sp³-hybridized carbons (Fsp3) is 1.00. The molecule has 0 aromatic rings. The Labute approximate surface area is 126 Å². The first-order chi connectivity index (χ1) is 9.57. The first kappa shape index (κ1) is 17.9. The van der Waals surface area contributed by atoms with Crippen molar-refractivity contribution in [3.05, 3.63) is 0 Å². The SMILES string of the molecule is CCCCC(CC)(CN)N1CCN(CCN(C)C)CC1. The molecule has 1 saturated heterocycles. The Balaban J connectivity index is 2.47. The van der Waals surface area contributed by atoms with Crippen molar-refractivity contribution in [3.8, 4) is 0 Å². The van der Waals surface area contributed by atoms with Gasteiger partial charge in [0.2, 0.25) is 0 Å². The van der Waals surface area contributed by atoms with Crippen molar-refractivity contribution in [1.29, 1.82) is 0 Å². The summed E-state index contributed by atoms with van der Waals surface area (Å²) in [5, 5.41) is 0. The van der Waals surface area contributed by atoms with Crippen LogP contribution in [0.5, 0.6) is 0 Å². The highest BCUT2D eigenvalue weighted by Crippen LogP contribution is 2.26. The zero-order valence-electron chi connectivity index (χ0n) is 14.2. The van der Waals surface area contributed by atoms with E-state index >= 15 is 0 Å². The molecule has 0 amide bonds. The van der Waals surface area contributed by atoms with Crippen LogP contribution in [-0.2, 0) is 0 Å². The lowest BCUT2D eigenvalue weighted by Crippen LogP contribution is -2.60. The smallest absolute Gasteiger partial charge is 0.0330 e. The van der Waals surface area contributed by atoms with Gasteiger partial charge in [0, 0.05) is 51.4 Å². The average Bonchev–Trinajstić information content (AvgIpc) is 2.48. The van der Waals surface area contributed by atoms with E-state index in [1.807, 2.05) is 0 Å². The molecule has 1 atom stereocenters. The van der Waals surface area contributed by atoms with Gasteiger partial charge in [0.15, 0.2) is 0 Å². The first-order valence-corrected chi connectivity index (χ1v) is 8.40. The van der Waals surface area contributed by atoms with Crippen molar-refractivity contribution >= 4 is 0 Å². The van der Waals surface area contributed by atoms with E-state index in [-0.39, 0.29) is 5.54 Å². The number of hydrogen-bond donors (Lipinski definition) is 1. The van der Waals surface area contributed by atoms with Crippen molar-refractivity contribution in [2.24, 2.45) is 5.73 Å². The molecule has 1 rings (SSSR count). The van der Waals surface area contributed by atoms with Gasteiger partial charge in [-0.05, 0) is 26.9 Å². The van der Waals surface area contributed by atoms with Gasteiger partial charge in [0.05, 0.1) is 0 Å². The summed E-state index contributed by atoms with van der Waals surface area (Å²) in [4.78, 5) is 7.53. The highest BCUT2D eigenvalue weighted by atomic mass is 15.3. The number of rotatable bonds is 9. The van der Waals surface area contributed by atoms with E-state index in [0.717, 1.165) is 13.1 Å². The number of nitrogens with zero attached hydrogens (tertiary/aromatic N) is 3. The molecule has 4 nitrogen and oxygen atoms in total. The predicted octanol–water partition coefficient (Wildman–Crippen LogP) is 1.46. The summed E-state index contributed by atoms with van der Waals surface area (Å²) in [6.45, 7) is 12.5. The largest absolute Gasteiger partial charge is 0.329 e. The summed E-state index contributed by atoms with van der Waals surface area (Å²) < 4.78 is 0. The molecule has 120 valence electrons. The van der Waals surface area contributed by atoms with Gasteiger partial charge in [-0.15, -0.1) is 0 Å². The molecule has 0 spiro atoms. The molecule has 0 aromatic heterocycles. The van der Waals surface area contributed by atoms with E-state index in [0.29, 0.717) is 0 Å². The van der Waals surface area contributed by atoms with Crippen LogP contribution in [0.2, 0.25) is 0 Å². The second-order valence-electron chi connectivity index (χ2n) is 6.52. The van der Waals surface area contributed by atoms with E-state index in [9.17, 15) is 0 Å². The average molecular weight is 284 g/mol. The molecule has 1 aliphatic rings. The van der Waals surface area contributed by atoms with E-state index in [4.69, 9.17) is 5.73 Å². The summed E-state index contributed by atoms with van der Waals surface area (Å²) in [5.41, 5.74) is 6.41. The molecule has 0 bridgehead atoms. The quantitative estimate of drug-likeness (QED) is 0.695. The molecule has 1 fully saturated rings. The third-order valence-corrected chi connectivity index (χ3v) is 4.94. The van der Waals surface area contributed by atoms with Gasteiger partial charge in [0.25, 0.3) is 0 Å². The van der Waals surface area contributed by atoms with Crippen molar-refractivity contribution in [1.82, 2.24) is 14.7 Å². The van der Waals surface area contributed by atoms with Crippen LogP contribution in [0.15, 0.2) is 0 Å². The minimum atomic E-state index is 0.254. The molecule has 2 N–H and O–H groups in total. The molecule has 0 aliphatic carbocycles. The van der Waals surface area contributed by atoms with E-state index in [2.05, 4.69) is 42.6 Å². The Morgan fingerprint density at radius 1 is 1.10 bits per heavy atom. The Bertz CT molecular complexity index is 243. The highest BCUT2D eigenvalue weighted by Gasteiger charge is 2.34. The third kappa shape index (κ3) is 4.99. The lowest BCUT2D eigenvalue weighted by molar-refractivity contribution is 0.0251. The van der Waals surface area contributed by atoms with Crippen molar-refractivity contribution in [2.75, 3.05) is 59.9 Å². The fourth-order valence-electron chi connectivity index (χ4n) is 3.23. The highest BCUT2D eigenvalue weighted by molar-refractivity contribution is 4.93. The number of hydrogen-bond acceptors (Lipinski definition) is 4. The molecule has 0 radical (unpaired) electrons. The second-order valence-corrected chi connectivity index (χ2v) is 6.52. The minimum absolute atomic E-state index is 0.254. The van der Waals surface area contributed by atoms with Crippen LogP contribution in [0.4, 0.5) is 0 Å². The van der Waals surface area contributed by atoms with Gasteiger partial charge in [-0.2, -0.15) is 0 Å². The van der Waals surface area contributed by atoms with Crippen LogP contribution < -0.4 is 5.73 Å².